The van der Waals surface area contributed by atoms with Crippen molar-refractivity contribution < 1.29 is 14.3 Å². The van der Waals surface area contributed by atoms with Gasteiger partial charge in [0, 0.05) is 5.92 Å². The summed E-state index contributed by atoms with van der Waals surface area (Å²) in [4.78, 5) is 26.4. The predicted molar refractivity (Wildman–Crippen MR) is 108 cm³/mol. The first-order valence-corrected chi connectivity index (χ1v) is 9.80. The lowest BCUT2D eigenvalue weighted by Gasteiger charge is -2.23. The molecule has 27 heavy (non-hydrogen) atoms. The second-order valence-electron chi connectivity index (χ2n) is 7.52. The van der Waals surface area contributed by atoms with Crippen LogP contribution in [-0.2, 0) is 16.0 Å². The number of carbonyl (C=O) groups excluding carboxylic acids is 2. The Balaban J connectivity index is 1.99. The number of ether oxygens (including phenoxy) is 1. The molecule has 0 unspecified atom stereocenters. The van der Waals surface area contributed by atoms with E-state index in [1.807, 2.05) is 44.2 Å². The molecule has 4 heteroatoms. The number of carbonyl (C=O) groups is 2. The van der Waals surface area contributed by atoms with Crippen LogP contribution in [0, 0.1) is 11.8 Å². The van der Waals surface area contributed by atoms with Crippen molar-refractivity contribution in [3.63, 3.8) is 0 Å². The summed E-state index contributed by atoms with van der Waals surface area (Å²) in [5, 5.41) is 0. The average molecular weight is 370 g/mol. The molecule has 1 saturated heterocycles. The van der Waals surface area contributed by atoms with E-state index in [9.17, 15) is 9.59 Å². The van der Waals surface area contributed by atoms with Crippen LogP contribution in [-0.4, -0.2) is 29.5 Å². The highest BCUT2D eigenvalue weighted by Gasteiger charge is 2.39. The Labute approximate surface area is 162 Å². The lowest BCUT2D eigenvalue weighted by atomic mass is 9.98. The number of imide groups is 1. The number of allylic oxidation sites excluding steroid dienone is 4. The van der Waals surface area contributed by atoms with E-state index in [1.54, 1.807) is 0 Å². The van der Waals surface area contributed by atoms with Crippen LogP contribution < -0.4 is 0 Å². The van der Waals surface area contributed by atoms with Gasteiger partial charge in [0.1, 0.15) is 6.61 Å². The van der Waals surface area contributed by atoms with Gasteiger partial charge >= 0.3 is 6.09 Å². The Hall–Kier alpha value is -2.36. The van der Waals surface area contributed by atoms with E-state index in [1.165, 1.54) is 4.90 Å². The standard InChI is InChI=1S/C23H31NO3/c1-5-17(2)10-9-11-18(3)14-19(4)22(25)24-21(16-27-23(24)26)15-20-12-7-6-8-13-20/h6-13,17,19,21H,5,14-16H2,1-4H3/b10-9+,18-11+/t17-,19+,21+/m0/s1. The maximum absolute atomic E-state index is 12.9. The van der Waals surface area contributed by atoms with E-state index in [-0.39, 0.29) is 24.5 Å². The van der Waals surface area contributed by atoms with Crippen LogP contribution in [0.25, 0.3) is 0 Å². The van der Waals surface area contributed by atoms with Gasteiger partial charge in [-0.25, -0.2) is 9.69 Å². The van der Waals surface area contributed by atoms with Crippen LogP contribution >= 0.6 is 0 Å². The Morgan fingerprint density at radius 2 is 2.00 bits per heavy atom. The Bertz CT molecular complexity index is 693. The van der Waals surface area contributed by atoms with E-state index in [4.69, 9.17) is 4.74 Å². The van der Waals surface area contributed by atoms with Gasteiger partial charge in [0.2, 0.25) is 5.91 Å². The summed E-state index contributed by atoms with van der Waals surface area (Å²) in [6, 6.07) is 9.65. The molecule has 1 aliphatic heterocycles. The molecule has 3 atom stereocenters. The highest BCUT2D eigenvalue weighted by molar-refractivity contribution is 5.94. The number of rotatable bonds is 8. The first kappa shape index (κ1) is 20.9. The molecular weight excluding hydrogens is 338 g/mol. The first-order valence-electron chi connectivity index (χ1n) is 9.80. The smallest absolute Gasteiger partial charge is 0.416 e. The fourth-order valence-electron chi connectivity index (χ4n) is 3.19. The van der Waals surface area contributed by atoms with Crippen LogP contribution in [0.1, 0.15) is 46.1 Å². The molecule has 4 nitrogen and oxygen atoms in total. The third-order valence-electron chi connectivity index (χ3n) is 5.03. The van der Waals surface area contributed by atoms with Crippen molar-refractivity contribution >= 4 is 12.0 Å². The fourth-order valence-corrected chi connectivity index (χ4v) is 3.19. The lowest BCUT2D eigenvalue weighted by molar-refractivity contribution is -0.132. The summed E-state index contributed by atoms with van der Waals surface area (Å²) in [6.07, 6.45) is 8.12. The molecule has 2 rings (SSSR count). The molecule has 0 spiro atoms. The highest BCUT2D eigenvalue weighted by atomic mass is 16.6. The molecule has 1 aromatic carbocycles. The summed E-state index contributed by atoms with van der Waals surface area (Å²) >= 11 is 0. The Kier molecular flexibility index (Phi) is 7.83. The van der Waals surface area contributed by atoms with Gasteiger partial charge in [0.25, 0.3) is 0 Å². The average Bonchev–Trinajstić information content (AvgIpc) is 3.01. The molecule has 0 aromatic heterocycles. The summed E-state index contributed by atoms with van der Waals surface area (Å²) in [6.45, 7) is 8.50. The maximum atomic E-state index is 12.9. The topological polar surface area (TPSA) is 46.6 Å². The molecule has 0 saturated carbocycles. The van der Waals surface area contributed by atoms with E-state index in [2.05, 4.69) is 32.1 Å². The molecule has 1 heterocycles. The minimum Gasteiger partial charge on any atom is -0.447 e. The Morgan fingerprint density at radius 3 is 2.67 bits per heavy atom. The zero-order valence-electron chi connectivity index (χ0n) is 16.9. The largest absolute Gasteiger partial charge is 0.447 e. The number of hydrogen-bond donors (Lipinski definition) is 0. The molecular formula is C23H31NO3. The third kappa shape index (κ3) is 6.09. The summed E-state index contributed by atoms with van der Waals surface area (Å²) in [5.41, 5.74) is 2.22. The van der Waals surface area contributed by atoms with Gasteiger partial charge in [-0.3, -0.25) is 4.79 Å². The molecule has 1 fully saturated rings. The van der Waals surface area contributed by atoms with Gasteiger partial charge < -0.3 is 4.74 Å². The third-order valence-corrected chi connectivity index (χ3v) is 5.03. The lowest BCUT2D eigenvalue weighted by Crippen LogP contribution is -2.43. The normalized spacial score (nSPS) is 20.0. The van der Waals surface area contributed by atoms with Crippen LogP contribution in [0.3, 0.4) is 0 Å². The van der Waals surface area contributed by atoms with Crippen molar-refractivity contribution in [2.75, 3.05) is 6.61 Å². The van der Waals surface area contributed by atoms with Gasteiger partial charge in [-0.1, -0.05) is 81.3 Å². The highest BCUT2D eigenvalue weighted by Crippen LogP contribution is 2.22. The van der Waals surface area contributed by atoms with E-state index in [0.29, 0.717) is 18.8 Å². The zero-order valence-corrected chi connectivity index (χ0v) is 16.9. The van der Waals surface area contributed by atoms with E-state index in [0.717, 1.165) is 17.6 Å². The number of nitrogens with zero attached hydrogens (tertiary/aromatic N) is 1. The van der Waals surface area contributed by atoms with Crippen LogP contribution in [0.5, 0.6) is 0 Å². The second-order valence-corrected chi connectivity index (χ2v) is 7.52. The number of hydrogen-bond acceptors (Lipinski definition) is 3. The van der Waals surface area contributed by atoms with E-state index >= 15 is 0 Å². The van der Waals surface area contributed by atoms with Crippen LogP contribution in [0.15, 0.2) is 54.1 Å². The van der Waals surface area contributed by atoms with Crippen LogP contribution in [0.4, 0.5) is 4.79 Å². The van der Waals surface area contributed by atoms with Crippen molar-refractivity contribution in [3.05, 3.63) is 59.7 Å². The first-order chi connectivity index (χ1) is 12.9. The van der Waals surface area contributed by atoms with Crippen molar-refractivity contribution in [2.24, 2.45) is 11.8 Å². The molecule has 2 amide bonds. The minimum atomic E-state index is -0.522. The quantitative estimate of drug-likeness (QED) is 0.595. The SMILES string of the molecule is CC[C@H](C)/C=C/C=C(\C)C[C@@H](C)C(=O)N1C(=O)OC[C@H]1Cc1ccccc1. The molecule has 1 aliphatic rings. The summed E-state index contributed by atoms with van der Waals surface area (Å²) in [5.74, 6) is 0.130. The predicted octanol–water partition coefficient (Wildman–Crippen LogP) is 5.15. The molecule has 0 bridgehead atoms. The number of amides is 2. The zero-order chi connectivity index (χ0) is 19.8. The fraction of sp³-hybridized carbons (Fsp3) is 0.478. The second kappa shape index (κ2) is 10.1. The molecule has 0 N–H and O–H groups in total. The van der Waals surface area contributed by atoms with Gasteiger partial charge in [-0.2, -0.15) is 0 Å². The van der Waals surface area contributed by atoms with Gasteiger partial charge in [0.15, 0.2) is 0 Å². The Morgan fingerprint density at radius 1 is 1.30 bits per heavy atom. The van der Waals surface area contributed by atoms with Crippen LogP contribution in [0.2, 0.25) is 0 Å². The van der Waals surface area contributed by atoms with Crippen molar-refractivity contribution in [3.8, 4) is 0 Å². The van der Waals surface area contributed by atoms with Crippen molar-refractivity contribution in [1.29, 1.82) is 0 Å². The molecule has 0 aliphatic carbocycles. The van der Waals surface area contributed by atoms with Crippen molar-refractivity contribution in [1.82, 2.24) is 4.90 Å². The van der Waals surface area contributed by atoms with Gasteiger partial charge in [0.05, 0.1) is 6.04 Å². The number of cyclic esters (lactones) is 1. The maximum Gasteiger partial charge on any atom is 0.416 e. The number of benzene rings is 1. The van der Waals surface area contributed by atoms with Gasteiger partial charge in [-0.15, -0.1) is 0 Å². The minimum absolute atomic E-state index is 0.155. The van der Waals surface area contributed by atoms with Crippen molar-refractivity contribution in [2.45, 2.75) is 53.0 Å². The molecule has 1 aromatic rings. The monoisotopic (exact) mass is 369 g/mol. The molecule has 0 radical (unpaired) electrons. The molecule has 146 valence electrons. The summed E-state index contributed by atoms with van der Waals surface area (Å²) in [7, 11) is 0. The van der Waals surface area contributed by atoms with Gasteiger partial charge in [-0.05, 0) is 31.2 Å². The van der Waals surface area contributed by atoms with E-state index < -0.39 is 6.09 Å². The summed E-state index contributed by atoms with van der Waals surface area (Å²) < 4.78 is 5.17.